The summed E-state index contributed by atoms with van der Waals surface area (Å²) in [5.74, 6) is 0. The van der Waals surface area contributed by atoms with Crippen LogP contribution >= 0.6 is 0 Å². The van der Waals surface area contributed by atoms with Crippen LogP contribution in [0.2, 0.25) is 0 Å². The van der Waals surface area contributed by atoms with Crippen LogP contribution in [0.4, 0.5) is 0 Å². The lowest BCUT2D eigenvalue weighted by Gasteiger charge is -2.35. The number of hydrogen-bond acceptors (Lipinski definition) is 4. The van der Waals surface area contributed by atoms with Gasteiger partial charge in [-0.3, -0.25) is 4.90 Å². The molecule has 0 saturated heterocycles. The average Bonchev–Trinajstić information content (AvgIpc) is 2.35. The highest BCUT2D eigenvalue weighted by atomic mass is 16.5. The first-order chi connectivity index (χ1) is 8.27. The van der Waals surface area contributed by atoms with Crippen LogP contribution in [0.5, 0.6) is 0 Å². The van der Waals surface area contributed by atoms with Crippen LogP contribution in [0.15, 0.2) is 0 Å². The second-order valence-electron chi connectivity index (χ2n) is 4.84. The quantitative estimate of drug-likeness (QED) is 0.654. The number of hydrogen-bond donors (Lipinski definition) is 1. The minimum atomic E-state index is -0.0745. The van der Waals surface area contributed by atoms with Crippen molar-refractivity contribution in [3.63, 3.8) is 0 Å². The first kappa shape index (κ1) is 14.9. The highest BCUT2D eigenvalue weighted by Gasteiger charge is 2.24. The van der Waals surface area contributed by atoms with Gasteiger partial charge in [-0.2, -0.15) is 0 Å². The average molecular weight is 245 g/mol. The highest BCUT2D eigenvalue weighted by molar-refractivity contribution is 4.79. The molecule has 0 aromatic rings. The fourth-order valence-corrected chi connectivity index (χ4v) is 2.52. The molecule has 0 aliphatic heterocycles. The smallest absolute Gasteiger partial charge is 0.0589 e. The van der Waals surface area contributed by atoms with Crippen LogP contribution in [0.3, 0.4) is 0 Å². The van der Waals surface area contributed by atoms with Gasteiger partial charge in [-0.05, 0) is 32.1 Å². The van der Waals surface area contributed by atoms with Crippen LogP contribution in [-0.4, -0.2) is 62.7 Å². The molecule has 1 aliphatic rings. The van der Waals surface area contributed by atoms with Crippen LogP contribution in [0, 0.1) is 0 Å². The molecule has 0 radical (unpaired) electrons. The summed E-state index contributed by atoms with van der Waals surface area (Å²) in [7, 11) is 3.49. The molecular weight excluding hydrogens is 218 g/mol. The Morgan fingerprint density at radius 2 is 1.65 bits per heavy atom. The van der Waals surface area contributed by atoms with Crippen molar-refractivity contribution in [2.75, 3.05) is 40.5 Å². The minimum Gasteiger partial charge on any atom is -0.393 e. The Morgan fingerprint density at radius 3 is 2.24 bits per heavy atom. The monoisotopic (exact) mass is 245 g/mol. The predicted molar refractivity (Wildman–Crippen MR) is 68.2 cm³/mol. The molecule has 0 spiro atoms. The molecule has 0 aromatic heterocycles. The molecule has 1 rings (SSSR count). The standard InChI is InChI=1S/C13H27NO3/c1-16-10-3-8-14(9-11-17-2)12-4-6-13(15)7-5-12/h12-13,15H,3-11H2,1-2H3. The summed E-state index contributed by atoms with van der Waals surface area (Å²) in [6.07, 6.45) is 5.10. The molecule has 0 atom stereocenters. The molecule has 1 N–H and O–H groups in total. The van der Waals surface area contributed by atoms with E-state index in [1.54, 1.807) is 14.2 Å². The van der Waals surface area contributed by atoms with Gasteiger partial charge in [0.1, 0.15) is 0 Å². The Labute approximate surface area is 105 Å². The zero-order valence-electron chi connectivity index (χ0n) is 11.2. The van der Waals surface area contributed by atoms with Gasteiger partial charge in [0.2, 0.25) is 0 Å². The van der Waals surface area contributed by atoms with Crippen molar-refractivity contribution in [3.05, 3.63) is 0 Å². The Kier molecular flexibility index (Phi) is 7.77. The zero-order chi connectivity index (χ0) is 12.5. The number of ether oxygens (including phenoxy) is 2. The minimum absolute atomic E-state index is 0.0745. The van der Waals surface area contributed by atoms with E-state index in [1.807, 2.05) is 0 Å². The summed E-state index contributed by atoms with van der Waals surface area (Å²) in [4.78, 5) is 2.49. The molecule has 0 bridgehead atoms. The Bertz CT molecular complexity index is 182. The first-order valence-electron chi connectivity index (χ1n) is 6.68. The van der Waals surface area contributed by atoms with Gasteiger partial charge in [-0.1, -0.05) is 0 Å². The normalized spacial score (nSPS) is 25.4. The molecule has 1 aliphatic carbocycles. The van der Waals surface area contributed by atoms with E-state index in [2.05, 4.69) is 4.90 Å². The molecule has 102 valence electrons. The molecule has 1 saturated carbocycles. The topological polar surface area (TPSA) is 41.9 Å². The maximum Gasteiger partial charge on any atom is 0.0589 e. The van der Waals surface area contributed by atoms with Gasteiger partial charge in [0, 0.05) is 40.0 Å². The van der Waals surface area contributed by atoms with E-state index in [9.17, 15) is 5.11 Å². The predicted octanol–water partition coefficient (Wildman–Crippen LogP) is 1.27. The highest BCUT2D eigenvalue weighted by Crippen LogP contribution is 2.23. The van der Waals surface area contributed by atoms with Gasteiger partial charge < -0.3 is 14.6 Å². The number of rotatable bonds is 8. The fourth-order valence-electron chi connectivity index (χ4n) is 2.52. The summed E-state index contributed by atoms with van der Waals surface area (Å²) < 4.78 is 10.3. The lowest BCUT2D eigenvalue weighted by molar-refractivity contribution is 0.0537. The fraction of sp³-hybridized carbons (Fsp3) is 1.00. The third-order valence-electron chi connectivity index (χ3n) is 3.56. The van der Waals surface area contributed by atoms with Crippen LogP contribution in [-0.2, 0) is 9.47 Å². The molecule has 17 heavy (non-hydrogen) atoms. The Balaban J connectivity index is 2.32. The van der Waals surface area contributed by atoms with Crippen molar-refractivity contribution in [1.82, 2.24) is 4.90 Å². The van der Waals surface area contributed by atoms with E-state index < -0.39 is 0 Å². The van der Waals surface area contributed by atoms with E-state index in [0.717, 1.165) is 58.4 Å². The lowest BCUT2D eigenvalue weighted by Crippen LogP contribution is -2.41. The summed E-state index contributed by atoms with van der Waals surface area (Å²) in [5, 5.41) is 9.54. The van der Waals surface area contributed by atoms with Gasteiger partial charge in [0.15, 0.2) is 0 Å². The first-order valence-corrected chi connectivity index (χ1v) is 6.68. The molecule has 0 aromatic carbocycles. The van der Waals surface area contributed by atoms with Crippen molar-refractivity contribution in [2.45, 2.75) is 44.2 Å². The van der Waals surface area contributed by atoms with Gasteiger partial charge in [-0.25, -0.2) is 0 Å². The van der Waals surface area contributed by atoms with E-state index in [0.29, 0.717) is 6.04 Å². The van der Waals surface area contributed by atoms with Crippen molar-refractivity contribution >= 4 is 0 Å². The summed E-state index contributed by atoms with van der Waals surface area (Å²) in [5.41, 5.74) is 0. The summed E-state index contributed by atoms with van der Waals surface area (Å²) in [6, 6.07) is 0.616. The number of aliphatic hydroxyl groups excluding tert-OH is 1. The van der Waals surface area contributed by atoms with E-state index in [1.165, 1.54) is 0 Å². The molecule has 4 nitrogen and oxygen atoms in total. The van der Waals surface area contributed by atoms with Gasteiger partial charge in [-0.15, -0.1) is 0 Å². The summed E-state index contributed by atoms with van der Waals surface area (Å²) in [6.45, 7) is 3.66. The van der Waals surface area contributed by atoms with Gasteiger partial charge >= 0.3 is 0 Å². The van der Waals surface area contributed by atoms with E-state index in [-0.39, 0.29) is 6.10 Å². The Morgan fingerprint density at radius 1 is 1.00 bits per heavy atom. The molecule has 0 amide bonds. The van der Waals surface area contributed by atoms with Crippen molar-refractivity contribution < 1.29 is 14.6 Å². The lowest BCUT2D eigenvalue weighted by atomic mass is 9.92. The Hall–Kier alpha value is -0.160. The van der Waals surface area contributed by atoms with Crippen molar-refractivity contribution in [2.24, 2.45) is 0 Å². The molecular formula is C13H27NO3. The molecule has 0 heterocycles. The van der Waals surface area contributed by atoms with E-state index >= 15 is 0 Å². The van der Waals surface area contributed by atoms with Crippen LogP contribution in [0.25, 0.3) is 0 Å². The van der Waals surface area contributed by atoms with Crippen molar-refractivity contribution in [3.8, 4) is 0 Å². The largest absolute Gasteiger partial charge is 0.393 e. The maximum atomic E-state index is 9.54. The maximum absolute atomic E-state index is 9.54. The second kappa shape index (κ2) is 8.86. The number of methoxy groups -OCH3 is 2. The molecule has 1 fully saturated rings. The second-order valence-corrected chi connectivity index (χ2v) is 4.84. The van der Waals surface area contributed by atoms with Crippen LogP contribution < -0.4 is 0 Å². The third-order valence-corrected chi connectivity index (χ3v) is 3.56. The van der Waals surface area contributed by atoms with Crippen LogP contribution in [0.1, 0.15) is 32.1 Å². The zero-order valence-corrected chi connectivity index (χ0v) is 11.2. The third kappa shape index (κ3) is 5.82. The number of aliphatic hydroxyl groups is 1. The SMILES string of the molecule is COCCCN(CCOC)C1CCC(O)CC1. The molecule has 0 unspecified atom stereocenters. The van der Waals surface area contributed by atoms with Gasteiger partial charge in [0.05, 0.1) is 12.7 Å². The molecule has 4 heteroatoms. The summed E-state index contributed by atoms with van der Waals surface area (Å²) >= 11 is 0. The van der Waals surface area contributed by atoms with Gasteiger partial charge in [0.25, 0.3) is 0 Å². The number of nitrogens with zero attached hydrogens (tertiary/aromatic N) is 1. The van der Waals surface area contributed by atoms with E-state index in [4.69, 9.17) is 9.47 Å². The van der Waals surface area contributed by atoms with Crippen molar-refractivity contribution in [1.29, 1.82) is 0 Å².